The number of anilines is 1. The smallest absolute Gasteiger partial charge is 0.102 e. The Morgan fingerprint density at radius 2 is 1.91 bits per heavy atom. The molecule has 1 atom stereocenters. The molecule has 0 aliphatic carbocycles. The molecule has 2 aromatic heterocycles. The number of nitrogens with one attached hydrogen (secondary N) is 3. The molecule has 4 rings (SSSR count). The summed E-state index contributed by atoms with van der Waals surface area (Å²) in [5.74, 6) is 0. The van der Waals surface area contributed by atoms with Gasteiger partial charge in [0.25, 0.3) is 0 Å². The SMILES string of the molecule is CC.CC(C)(O)c1ccc2cc(C3NNc4ccsc43)[nH]c2c1. The van der Waals surface area contributed by atoms with Gasteiger partial charge < -0.3 is 15.5 Å². The highest BCUT2D eigenvalue weighted by Gasteiger charge is 2.26. The Labute approximate surface area is 140 Å². The van der Waals surface area contributed by atoms with Crippen molar-refractivity contribution >= 4 is 27.9 Å². The first-order valence-electron chi connectivity index (χ1n) is 7.97. The van der Waals surface area contributed by atoms with Crippen molar-refractivity contribution in [3.05, 3.63) is 51.8 Å². The van der Waals surface area contributed by atoms with Crippen LogP contribution in [0.5, 0.6) is 0 Å². The lowest BCUT2D eigenvalue weighted by atomic mass is 9.98. The summed E-state index contributed by atoms with van der Waals surface area (Å²) >= 11 is 1.75. The van der Waals surface area contributed by atoms with Crippen LogP contribution < -0.4 is 10.9 Å². The summed E-state index contributed by atoms with van der Waals surface area (Å²) in [5.41, 5.74) is 9.94. The van der Waals surface area contributed by atoms with Crippen LogP contribution in [0.15, 0.2) is 35.7 Å². The van der Waals surface area contributed by atoms with Crippen molar-refractivity contribution in [1.82, 2.24) is 10.4 Å². The van der Waals surface area contributed by atoms with Gasteiger partial charge in [-0.15, -0.1) is 11.3 Å². The average molecular weight is 329 g/mol. The number of thiophene rings is 1. The number of hydrogen-bond donors (Lipinski definition) is 4. The third-order valence-corrected chi connectivity index (χ3v) is 4.95. The summed E-state index contributed by atoms with van der Waals surface area (Å²) < 4.78 is 0. The molecule has 5 heteroatoms. The van der Waals surface area contributed by atoms with Crippen molar-refractivity contribution in [1.29, 1.82) is 0 Å². The lowest BCUT2D eigenvalue weighted by Crippen LogP contribution is -2.19. The Morgan fingerprint density at radius 1 is 1.13 bits per heavy atom. The molecule has 0 radical (unpaired) electrons. The van der Waals surface area contributed by atoms with E-state index in [0.29, 0.717) is 0 Å². The van der Waals surface area contributed by atoms with E-state index >= 15 is 0 Å². The van der Waals surface area contributed by atoms with E-state index in [1.807, 2.05) is 26.0 Å². The van der Waals surface area contributed by atoms with Gasteiger partial charge in [0.2, 0.25) is 0 Å². The zero-order valence-corrected chi connectivity index (χ0v) is 14.7. The summed E-state index contributed by atoms with van der Waals surface area (Å²) in [5, 5.41) is 13.4. The normalized spacial score (nSPS) is 16.7. The molecule has 1 aromatic carbocycles. The number of H-pyrrole nitrogens is 1. The van der Waals surface area contributed by atoms with Gasteiger partial charge >= 0.3 is 0 Å². The molecule has 1 unspecified atom stereocenters. The molecule has 3 heterocycles. The van der Waals surface area contributed by atoms with Crippen molar-refractivity contribution < 1.29 is 5.11 Å². The average Bonchev–Trinajstić information content (AvgIpc) is 3.21. The number of hydrogen-bond acceptors (Lipinski definition) is 4. The topological polar surface area (TPSA) is 60.1 Å². The van der Waals surface area contributed by atoms with Gasteiger partial charge in [0.15, 0.2) is 0 Å². The second-order valence-electron chi connectivity index (χ2n) is 5.99. The quantitative estimate of drug-likeness (QED) is 0.560. The zero-order chi connectivity index (χ0) is 16.6. The monoisotopic (exact) mass is 329 g/mol. The van der Waals surface area contributed by atoms with Crippen LogP contribution in [0.25, 0.3) is 10.9 Å². The molecule has 0 fully saturated rings. The number of aromatic amines is 1. The first kappa shape index (κ1) is 16.1. The van der Waals surface area contributed by atoms with Gasteiger partial charge in [-0.25, -0.2) is 5.43 Å². The fourth-order valence-corrected chi connectivity index (χ4v) is 3.69. The van der Waals surface area contributed by atoms with Crippen LogP contribution in [0.3, 0.4) is 0 Å². The molecule has 4 nitrogen and oxygen atoms in total. The van der Waals surface area contributed by atoms with Gasteiger partial charge in [0.1, 0.15) is 6.04 Å². The van der Waals surface area contributed by atoms with Gasteiger partial charge in [-0.2, -0.15) is 0 Å². The lowest BCUT2D eigenvalue weighted by Gasteiger charge is -2.17. The van der Waals surface area contributed by atoms with Gasteiger partial charge in [-0.05, 0) is 48.4 Å². The highest BCUT2D eigenvalue weighted by atomic mass is 32.1. The number of fused-ring (bicyclic) bond motifs is 2. The van der Waals surface area contributed by atoms with Crippen molar-refractivity contribution in [3.63, 3.8) is 0 Å². The van der Waals surface area contributed by atoms with E-state index in [2.05, 4.69) is 39.4 Å². The van der Waals surface area contributed by atoms with Crippen molar-refractivity contribution in [2.45, 2.75) is 39.3 Å². The van der Waals surface area contributed by atoms with E-state index in [-0.39, 0.29) is 6.04 Å². The van der Waals surface area contributed by atoms with E-state index in [1.165, 1.54) is 4.88 Å². The minimum Gasteiger partial charge on any atom is -0.386 e. The Kier molecular flexibility index (Phi) is 4.19. The molecule has 4 N–H and O–H groups in total. The van der Waals surface area contributed by atoms with E-state index in [1.54, 1.807) is 25.2 Å². The molecule has 0 bridgehead atoms. The van der Waals surface area contributed by atoms with Gasteiger partial charge in [0.05, 0.1) is 16.2 Å². The third-order valence-electron chi connectivity index (χ3n) is 3.97. The molecule has 122 valence electrons. The van der Waals surface area contributed by atoms with Crippen LogP contribution in [0.4, 0.5) is 5.69 Å². The number of rotatable bonds is 2. The largest absolute Gasteiger partial charge is 0.386 e. The van der Waals surface area contributed by atoms with E-state index in [0.717, 1.165) is 27.8 Å². The lowest BCUT2D eigenvalue weighted by molar-refractivity contribution is 0.0787. The summed E-state index contributed by atoms with van der Waals surface area (Å²) in [7, 11) is 0. The third kappa shape index (κ3) is 2.87. The molecule has 1 aliphatic rings. The Balaban J connectivity index is 0.000000753. The van der Waals surface area contributed by atoms with Crippen molar-refractivity contribution in [3.8, 4) is 0 Å². The van der Waals surface area contributed by atoms with Gasteiger partial charge in [0, 0.05) is 11.2 Å². The molecule has 0 spiro atoms. The predicted octanol–water partition coefficient (Wildman–Crippen LogP) is 4.50. The summed E-state index contributed by atoms with van der Waals surface area (Å²) in [6.45, 7) is 7.61. The second-order valence-corrected chi connectivity index (χ2v) is 6.93. The standard InChI is InChI=1S/C16H17N3OS.C2H6/c1-16(2,20)10-4-3-9-7-13(17-12(9)8-10)14-15-11(18-19-14)5-6-21-15;1-2/h3-8,14,17-20H,1-2H3;1-2H3. The summed E-state index contributed by atoms with van der Waals surface area (Å²) in [6.07, 6.45) is 0. The van der Waals surface area contributed by atoms with Crippen molar-refractivity contribution in [2.24, 2.45) is 0 Å². The van der Waals surface area contributed by atoms with Gasteiger partial charge in [-0.3, -0.25) is 0 Å². The molecule has 23 heavy (non-hydrogen) atoms. The summed E-state index contributed by atoms with van der Waals surface area (Å²) in [6, 6.07) is 10.5. The maximum absolute atomic E-state index is 10.1. The number of aromatic nitrogens is 1. The Hall–Kier alpha value is -1.82. The highest BCUT2D eigenvalue weighted by Crippen LogP contribution is 2.38. The number of hydrazine groups is 1. The molecule has 1 aliphatic heterocycles. The molecule has 0 saturated heterocycles. The first-order valence-corrected chi connectivity index (χ1v) is 8.85. The first-order chi connectivity index (χ1) is 11.0. The highest BCUT2D eigenvalue weighted by molar-refractivity contribution is 7.10. The Bertz CT molecular complexity index is 813. The second kappa shape index (κ2) is 6.00. The minimum absolute atomic E-state index is 0.151. The van der Waals surface area contributed by atoms with Crippen LogP contribution in [-0.4, -0.2) is 10.1 Å². The fraction of sp³-hybridized carbons (Fsp3) is 0.333. The molecule has 3 aromatic rings. The fourth-order valence-electron chi connectivity index (χ4n) is 2.77. The van der Waals surface area contributed by atoms with Crippen LogP contribution in [0, 0.1) is 0 Å². The molecule has 0 saturated carbocycles. The predicted molar refractivity (Wildman–Crippen MR) is 97.8 cm³/mol. The van der Waals surface area contributed by atoms with Crippen molar-refractivity contribution in [2.75, 3.05) is 5.43 Å². The van der Waals surface area contributed by atoms with Crippen LogP contribution in [0.1, 0.15) is 49.9 Å². The zero-order valence-electron chi connectivity index (χ0n) is 13.9. The number of aliphatic hydroxyl groups is 1. The number of benzene rings is 1. The minimum atomic E-state index is -0.826. The Morgan fingerprint density at radius 3 is 2.65 bits per heavy atom. The maximum atomic E-state index is 10.1. The van der Waals surface area contributed by atoms with E-state index in [9.17, 15) is 5.11 Å². The van der Waals surface area contributed by atoms with Crippen LogP contribution in [-0.2, 0) is 5.60 Å². The maximum Gasteiger partial charge on any atom is 0.102 e. The summed E-state index contributed by atoms with van der Waals surface area (Å²) in [4.78, 5) is 4.77. The van der Waals surface area contributed by atoms with Crippen LogP contribution in [0.2, 0.25) is 0 Å². The molecular formula is C18H23N3OS. The van der Waals surface area contributed by atoms with Gasteiger partial charge in [-0.1, -0.05) is 26.0 Å². The van der Waals surface area contributed by atoms with E-state index in [4.69, 9.17) is 0 Å². The molecular weight excluding hydrogens is 306 g/mol. The van der Waals surface area contributed by atoms with E-state index < -0.39 is 5.60 Å². The van der Waals surface area contributed by atoms with Crippen LogP contribution >= 0.6 is 11.3 Å². The molecule has 0 amide bonds.